The van der Waals surface area contributed by atoms with E-state index in [2.05, 4.69) is 5.32 Å². The van der Waals surface area contributed by atoms with Gasteiger partial charge in [-0.05, 0) is 43.2 Å². The second kappa shape index (κ2) is 8.31. The van der Waals surface area contributed by atoms with Crippen molar-refractivity contribution in [2.75, 3.05) is 17.1 Å². The fourth-order valence-corrected chi connectivity index (χ4v) is 3.62. The van der Waals surface area contributed by atoms with Gasteiger partial charge in [0.2, 0.25) is 15.9 Å². The van der Waals surface area contributed by atoms with E-state index in [1.165, 1.54) is 10.4 Å². The van der Waals surface area contributed by atoms with Crippen LogP contribution in [0.3, 0.4) is 0 Å². The predicted octanol–water partition coefficient (Wildman–Crippen LogP) is 2.92. The van der Waals surface area contributed by atoms with Gasteiger partial charge in [-0.3, -0.25) is 9.10 Å². The number of nitrogens with one attached hydrogen (secondary N) is 1. The molecule has 2 aromatic rings. The molecule has 26 heavy (non-hydrogen) atoms. The van der Waals surface area contributed by atoms with Gasteiger partial charge in [-0.2, -0.15) is 0 Å². The van der Waals surface area contributed by atoms with Gasteiger partial charge in [0, 0.05) is 25.1 Å². The Morgan fingerprint density at radius 1 is 1.12 bits per heavy atom. The fourth-order valence-electron chi connectivity index (χ4n) is 2.71. The van der Waals surface area contributed by atoms with Crippen molar-refractivity contribution in [1.29, 1.82) is 0 Å². The molecule has 0 aliphatic rings. The Morgan fingerprint density at radius 3 is 2.31 bits per heavy atom. The summed E-state index contributed by atoms with van der Waals surface area (Å²) in [6.07, 6.45) is 1.09. The molecule has 1 amide bonds. The molecule has 1 N–H and O–H groups in total. The molecule has 0 heterocycles. The van der Waals surface area contributed by atoms with Crippen molar-refractivity contribution in [1.82, 2.24) is 5.32 Å². The molecule has 0 radical (unpaired) electrons. The van der Waals surface area contributed by atoms with Crippen molar-refractivity contribution in [2.45, 2.75) is 26.8 Å². The number of sulfonamides is 1. The molecule has 0 aromatic heterocycles. The van der Waals surface area contributed by atoms with E-state index < -0.39 is 10.0 Å². The summed E-state index contributed by atoms with van der Waals surface area (Å²) in [5.41, 5.74) is 2.80. The van der Waals surface area contributed by atoms with Gasteiger partial charge in [-0.1, -0.05) is 24.3 Å². The summed E-state index contributed by atoms with van der Waals surface area (Å²) in [6.45, 7) is 3.86. The fraction of sp³-hybridized carbons (Fsp3) is 0.316. The number of rotatable bonds is 7. The molecule has 0 saturated heterocycles. The van der Waals surface area contributed by atoms with Crippen LogP contribution in [0.1, 0.15) is 23.1 Å². The van der Waals surface area contributed by atoms with Crippen LogP contribution in [0.4, 0.5) is 10.1 Å². The highest BCUT2D eigenvalue weighted by molar-refractivity contribution is 7.92. The van der Waals surface area contributed by atoms with Gasteiger partial charge in [0.1, 0.15) is 5.82 Å². The van der Waals surface area contributed by atoms with Crippen molar-refractivity contribution in [3.63, 3.8) is 0 Å². The third-order valence-electron chi connectivity index (χ3n) is 3.87. The monoisotopic (exact) mass is 378 g/mol. The molecule has 0 bridgehead atoms. The molecule has 0 fully saturated rings. The van der Waals surface area contributed by atoms with Crippen molar-refractivity contribution in [3.8, 4) is 0 Å². The molecule has 0 saturated carbocycles. The zero-order valence-electron chi connectivity index (χ0n) is 15.1. The highest BCUT2D eigenvalue weighted by Gasteiger charge is 2.19. The van der Waals surface area contributed by atoms with Gasteiger partial charge in [0.15, 0.2) is 0 Å². The van der Waals surface area contributed by atoms with E-state index >= 15 is 0 Å². The molecule has 0 atom stereocenters. The molecule has 2 rings (SSSR count). The van der Waals surface area contributed by atoms with Crippen LogP contribution in [-0.2, 0) is 21.4 Å². The predicted molar refractivity (Wildman–Crippen MR) is 101 cm³/mol. The SMILES string of the molecule is Cc1cc(C)cc(N(CCC(=O)NCc2ccccc2F)S(C)(=O)=O)c1. The normalized spacial score (nSPS) is 11.2. The summed E-state index contributed by atoms with van der Waals surface area (Å²) in [5, 5.41) is 2.62. The Labute approximate surface area is 153 Å². The minimum absolute atomic E-state index is 0.0187. The lowest BCUT2D eigenvalue weighted by Crippen LogP contribution is -2.34. The van der Waals surface area contributed by atoms with Crippen LogP contribution in [0.25, 0.3) is 0 Å². The second-order valence-corrected chi connectivity index (χ2v) is 8.21. The number of hydrogen-bond donors (Lipinski definition) is 1. The van der Waals surface area contributed by atoms with Gasteiger partial charge in [-0.15, -0.1) is 0 Å². The topological polar surface area (TPSA) is 66.5 Å². The lowest BCUT2D eigenvalue weighted by Gasteiger charge is -2.23. The third-order valence-corrected chi connectivity index (χ3v) is 5.06. The molecule has 7 heteroatoms. The Bertz CT molecular complexity index is 877. The molecular formula is C19H23FN2O3S. The number of carbonyl (C=O) groups excluding carboxylic acids is 1. The van der Waals surface area contributed by atoms with E-state index in [-0.39, 0.29) is 31.2 Å². The maximum Gasteiger partial charge on any atom is 0.232 e. The highest BCUT2D eigenvalue weighted by Crippen LogP contribution is 2.21. The summed E-state index contributed by atoms with van der Waals surface area (Å²) < 4.78 is 39.1. The van der Waals surface area contributed by atoms with Crippen LogP contribution in [-0.4, -0.2) is 27.1 Å². The number of benzene rings is 2. The zero-order valence-corrected chi connectivity index (χ0v) is 15.9. The van der Waals surface area contributed by atoms with E-state index in [9.17, 15) is 17.6 Å². The molecular weight excluding hydrogens is 355 g/mol. The first kappa shape index (κ1) is 19.9. The van der Waals surface area contributed by atoms with E-state index in [1.807, 2.05) is 19.9 Å². The van der Waals surface area contributed by atoms with E-state index in [0.717, 1.165) is 17.4 Å². The number of hydrogen-bond acceptors (Lipinski definition) is 3. The average molecular weight is 378 g/mol. The van der Waals surface area contributed by atoms with Crippen LogP contribution in [0.5, 0.6) is 0 Å². The Kier molecular flexibility index (Phi) is 6.37. The zero-order chi connectivity index (χ0) is 19.3. The molecule has 0 aliphatic heterocycles. The van der Waals surface area contributed by atoms with Crippen LogP contribution in [0.2, 0.25) is 0 Å². The van der Waals surface area contributed by atoms with Crippen LogP contribution in [0.15, 0.2) is 42.5 Å². The Hall–Kier alpha value is -2.41. The minimum atomic E-state index is -3.53. The summed E-state index contributed by atoms with van der Waals surface area (Å²) in [7, 11) is -3.53. The van der Waals surface area contributed by atoms with Gasteiger partial charge >= 0.3 is 0 Å². The lowest BCUT2D eigenvalue weighted by atomic mass is 10.1. The summed E-state index contributed by atoms with van der Waals surface area (Å²) in [6, 6.07) is 11.7. The summed E-state index contributed by atoms with van der Waals surface area (Å²) in [4.78, 5) is 12.1. The molecule has 0 aliphatic carbocycles. The molecule has 2 aromatic carbocycles. The first-order valence-corrected chi connectivity index (χ1v) is 10.1. The molecule has 5 nitrogen and oxygen atoms in total. The maximum absolute atomic E-state index is 13.6. The second-order valence-electron chi connectivity index (χ2n) is 6.30. The number of anilines is 1. The Balaban J connectivity index is 2.03. The van der Waals surface area contributed by atoms with E-state index in [0.29, 0.717) is 11.3 Å². The number of halogens is 1. The summed E-state index contributed by atoms with van der Waals surface area (Å²) in [5.74, 6) is -0.730. The van der Waals surface area contributed by atoms with Crippen LogP contribution < -0.4 is 9.62 Å². The number of amides is 1. The van der Waals surface area contributed by atoms with Crippen molar-refractivity contribution in [3.05, 3.63) is 65.0 Å². The molecule has 0 spiro atoms. The lowest BCUT2D eigenvalue weighted by molar-refractivity contribution is -0.121. The third kappa shape index (κ3) is 5.56. The van der Waals surface area contributed by atoms with Gasteiger partial charge < -0.3 is 5.32 Å². The first-order chi connectivity index (χ1) is 12.2. The number of aryl methyl sites for hydroxylation is 2. The molecule has 140 valence electrons. The molecule has 0 unspecified atom stereocenters. The van der Waals surface area contributed by atoms with Crippen LogP contribution >= 0.6 is 0 Å². The maximum atomic E-state index is 13.6. The van der Waals surface area contributed by atoms with E-state index in [4.69, 9.17) is 0 Å². The van der Waals surface area contributed by atoms with Crippen molar-refractivity contribution in [2.24, 2.45) is 0 Å². The van der Waals surface area contributed by atoms with E-state index in [1.54, 1.807) is 30.3 Å². The average Bonchev–Trinajstić information content (AvgIpc) is 2.52. The van der Waals surface area contributed by atoms with Gasteiger partial charge in [0.05, 0.1) is 11.9 Å². The van der Waals surface area contributed by atoms with Gasteiger partial charge in [0.25, 0.3) is 0 Å². The highest BCUT2D eigenvalue weighted by atomic mass is 32.2. The number of carbonyl (C=O) groups is 1. The standard InChI is InChI=1S/C19H23FN2O3S/c1-14-10-15(2)12-17(11-14)22(26(3,24)25)9-8-19(23)21-13-16-6-4-5-7-18(16)20/h4-7,10-12H,8-9,13H2,1-3H3,(H,21,23). The van der Waals surface area contributed by atoms with Crippen molar-refractivity contribution < 1.29 is 17.6 Å². The summed E-state index contributed by atoms with van der Waals surface area (Å²) >= 11 is 0. The number of nitrogens with zero attached hydrogens (tertiary/aromatic N) is 1. The quantitative estimate of drug-likeness (QED) is 0.806. The Morgan fingerprint density at radius 2 is 1.73 bits per heavy atom. The smallest absolute Gasteiger partial charge is 0.232 e. The van der Waals surface area contributed by atoms with Crippen LogP contribution in [0, 0.1) is 19.7 Å². The first-order valence-electron chi connectivity index (χ1n) is 8.23. The minimum Gasteiger partial charge on any atom is -0.352 e. The van der Waals surface area contributed by atoms with Gasteiger partial charge in [-0.25, -0.2) is 12.8 Å². The largest absolute Gasteiger partial charge is 0.352 e. The van der Waals surface area contributed by atoms with Crippen molar-refractivity contribution >= 4 is 21.6 Å².